The van der Waals surface area contributed by atoms with Gasteiger partial charge in [-0.05, 0) is 29.2 Å². The maximum atomic E-state index is 13.5. The Morgan fingerprint density at radius 1 is 1.00 bits per heavy atom. The number of hydrogen-bond acceptors (Lipinski definition) is 4. The van der Waals surface area contributed by atoms with Crippen molar-refractivity contribution < 1.29 is 18.7 Å². The molecule has 2 amide bonds. The Morgan fingerprint density at radius 2 is 1.66 bits per heavy atom. The zero-order valence-corrected chi connectivity index (χ0v) is 18.7. The van der Waals surface area contributed by atoms with Crippen LogP contribution in [0.4, 0.5) is 4.39 Å². The average Bonchev–Trinajstić information content (AvgIpc) is 2.79. The van der Waals surface area contributed by atoms with Gasteiger partial charge in [-0.1, -0.05) is 56.3 Å². The smallest absolute Gasteiger partial charge is 0.247 e. The summed E-state index contributed by atoms with van der Waals surface area (Å²) in [4.78, 5) is 27.9. The topological polar surface area (TPSA) is 70.7 Å². The number of halogens is 1. The van der Waals surface area contributed by atoms with Crippen molar-refractivity contribution in [3.05, 3.63) is 71.5 Å². The van der Waals surface area contributed by atoms with Crippen LogP contribution in [0.15, 0.2) is 54.6 Å². The lowest BCUT2D eigenvalue weighted by molar-refractivity contribution is -0.129. The molecule has 0 aliphatic carbocycles. The highest BCUT2D eigenvalue weighted by molar-refractivity contribution is 5.88. The molecular formula is C25H32FN3O3. The van der Waals surface area contributed by atoms with Crippen molar-refractivity contribution in [1.82, 2.24) is 15.5 Å². The molecule has 0 spiro atoms. The second kappa shape index (κ2) is 11.7. The third-order valence-electron chi connectivity index (χ3n) is 5.50. The molecule has 1 aliphatic heterocycles. The molecule has 6 nitrogen and oxygen atoms in total. The summed E-state index contributed by atoms with van der Waals surface area (Å²) >= 11 is 0. The van der Waals surface area contributed by atoms with Crippen LogP contribution >= 0.6 is 0 Å². The lowest BCUT2D eigenvalue weighted by atomic mass is 10.0. The van der Waals surface area contributed by atoms with Crippen LogP contribution in [-0.2, 0) is 14.3 Å². The molecule has 7 heteroatoms. The third-order valence-corrected chi connectivity index (χ3v) is 5.50. The van der Waals surface area contributed by atoms with Crippen LogP contribution in [0.5, 0.6) is 0 Å². The molecule has 0 radical (unpaired) electrons. The van der Waals surface area contributed by atoms with Crippen LogP contribution in [0.25, 0.3) is 0 Å². The van der Waals surface area contributed by atoms with E-state index < -0.39 is 6.04 Å². The standard InChI is InChI=1S/C25H32FN3O3/c1-18(2)16-23(30)28-24(20-6-4-3-5-7-20)25(31)27-17-22(29-12-14-32-15-13-29)19-8-10-21(26)11-9-19/h3-11,18,22,24H,12-17H2,1-2H3,(H,27,31)(H,28,30). The van der Waals surface area contributed by atoms with Gasteiger partial charge in [0.1, 0.15) is 11.9 Å². The fourth-order valence-electron chi connectivity index (χ4n) is 3.87. The van der Waals surface area contributed by atoms with Gasteiger partial charge < -0.3 is 15.4 Å². The van der Waals surface area contributed by atoms with E-state index in [-0.39, 0.29) is 29.6 Å². The number of benzene rings is 2. The molecule has 2 N–H and O–H groups in total. The number of amides is 2. The van der Waals surface area contributed by atoms with Gasteiger partial charge >= 0.3 is 0 Å². The molecule has 2 aromatic rings. The molecule has 1 aliphatic rings. The van der Waals surface area contributed by atoms with Gasteiger partial charge in [-0.2, -0.15) is 0 Å². The normalized spacial score (nSPS) is 16.4. The summed E-state index contributed by atoms with van der Waals surface area (Å²) in [7, 11) is 0. The minimum absolute atomic E-state index is 0.119. The van der Waals surface area contributed by atoms with Gasteiger partial charge in [0.2, 0.25) is 11.8 Å². The van der Waals surface area contributed by atoms with E-state index in [9.17, 15) is 14.0 Å². The predicted octanol–water partition coefficient (Wildman–Crippen LogP) is 3.22. The number of nitrogens with one attached hydrogen (secondary N) is 2. The number of morpholine rings is 1. The van der Waals surface area contributed by atoms with Crippen LogP contribution in [-0.4, -0.2) is 49.6 Å². The van der Waals surface area contributed by atoms with Gasteiger partial charge in [-0.3, -0.25) is 14.5 Å². The molecule has 1 fully saturated rings. The van der Waals surface area contributed by atoms with Crippen LogP contribution in [0.2, 0.25) is 0 Å². The fourth-order valence-corrected chi connectivity index (χ4v) is 3.87. The van der Waals surface area contributed by atoms with E-state index in [2.05, 4.69) is 15.5 Å². The molecule has 1 saturated heterocycles. The Hall–Kier alpha value is -2.77. The average molecular weight is 442 g/mol. The van der Waals surface area contributed by atoms with Crippen molar-refractivity contribution in [2.24, 2.45) is 5.92 Å². The molecule has 172 valence electrons. The van der Waals surface area contributed by atoms with E-state index >= 15 is 0 Å². The van der Waals surface area contributed by atoms with Crippen LogP contribution < -0.4 is 10.6 Å². The quantitative estimate of drug-likeness (QED) is 0.627. The van der Waals surface area contributed by atoms with Crippen molar-refractivity contribution in [3.63, 3.8) is 0 Å². The summed E-state index contributed by atoms with van der Waals surface area (Å²) in [6.07, 6.45) is 0.350. The minimum Gasteiger partial charge on any atom is -0.379 e. The summed E-state index contributed by atoms with van der Waals surface area (Å²) in [6, 6.07) is 14.7. The maximum absolute atomic E-state index is 13.5. The molecule has 0 saturated carbocycles. The first-order valence-electron chi connectivity index (χ1n) is 11.1. The second-order valence-corrected chi connectivity index (χ2v) is 8.47. The monoisotopic (exact) mass is 441 g/mol. The summed E-state index contributed by atoms with van der Waals surface area (Å²) in [5.41, 5.74) is 1.65. The van der Waals surface area contributed by atoms with E-state index in [0.717, 1.165) is 24.2 Å². The summed E-state index contributed by atoms with van der Waals surface area (Å²) in [6.45, 7) is 6.96. The molecule has 1 heterocycles. The van der Waals surface area contributed by atoms with Gasteiger partial charge in [0.25, 0.3) is 0 Å². The highest BCUT2D eigenvalue weighted by Gasteiger charge is 2.27. The van der Waals surface area contributed by atoms with Gasteiger partial charge in [0, 0.05) is 26.1 Å². The van der Waals surface area contributed by atoms with Gasteiger partial charge in [0.05, 0.1) is 19.3 Å². The number of ether oxygens (including phenoxy) is 1. The number of carbonyl (C=O) groups excluding carboxylic acids is 2. The van der Waals surface area contributed by atoms with E-state index in [1.165, 1.54) is 12.1 Å². The Morgan fingerprint density at radius 3 is 2.28 bits per heavy atom. The van der Waals surface area contributed by atoms with Gasteiger partial charge in [-0.15, -0.1) is 0 Å². The first kappa shape index (κ1) is 23.9. The van der Waals surface area contributed by atoms with Gasteiger partial charge in [0.15, 0.2) is 0 Å². The van der Waals surface area contributed by atoms with E-state index in [0.29, 0.717) is 26.2 Å². The molecule has 0 bridgehead atoms. The molecule has 0 aromatic heterocycles. The number of nitrogens with zero attached hydrogens (tertiary/aromatic N) is 1. The lowest BCUT2D eigenvalue weighted by Gasteiger charge is -2.35. The first-order chi connectivity index (χ1) is 15.4. The predicted molar refractivity (Wildman–Crippen MR) is 121 cm³/mol. The highest BCUT2D eigenvalue weighted by atomic mass is 19.1. The van der Waals surface area contributed by atoms with E-state index in [1.807, 2.05) is 44.2 Å². The Bertz CT molecular complexity index is 868. The fraction of sp³-hybridized carbons (Fsp3) is 0.440. The molecular weight excluding hydrogens is 409 g/mol. The Labute approximate surface area is 189 Å². The van der Waals surface area contributed by atoms with Crippen molar-refractivity contribution in [2.45, 2.75) is 32.4 Å². The van der Waals surface area contributed by atoms with Crippen LogP contribution in [0, 0.1) is 11.7 Å². The zero-order valence-electron chi connectivity index (χ0n) is 18.7. The maximum Gasteiger partial charge on any atom is 0.247 e. The molecule has 2 aromatic carbocycles. The Kier molecular flexibility index (Phi) is 8.76. The van der Waals surface area contributed by atoms with Crippen molar-refractivity contribution in [3.8, 4) is 0 Å². The Balaban J connectivity index is 1.75. The zero-order chi connectivity index (χ0) is 22.9. The van der Waals surface area contributed by atoms with Crippen molar-refractivity contribution in [2.75, 3.05) is 32.8 Å². The highest BCUT2D eigenvalue weighted by Crippen LogP contribution is 2.22. The first-order valence-corrected chi connectivity index (χ1v) is 11.1. The van der Waals surface area contributed by atoms with E-state index in [4.69, 9.17) is 4.74 Å². The second-order valence-electron chi connectivity index (χ2n) is 8.47. The largest absolute Gasteiger partial charge is 0.379 e. The SMILES string of the molecule is CC(C)CC(=O)NC(C(=O)NCC(c1ccc(F)cc1)N1CCOCC1)c1ccccc1. The van der Waals surface area contributed by atoms with Crippen molar-refractivity contribution >= 4 is 11.8 Å². The summed E-state index contributed by atoms with van der Waals surface area (Å²) in [5.74, 6) is -0.532. The van der Waals surface area contributed by atoms with Gasteiger partial charge in [-0.25, -0.2) is 4.39 Å². The third kappa shape index (κ3) is 6.87. The van der Waals surface area contributed by atoms with Crippen LogP contribution in [0.3, 0.4) is 0 Å². The molecule has 2 unspecified atom stereocenters. The van der Waals surface area contributed by atoms with E-state index in [1.54, 1.807) is 12.1 Å². The molecule has 3 rings (SSSR count). The van der Waals surface area contributed by atoms with Crippen molar-refractivity contribution in [1.29, 1.82) is 0 Å². The lowest BCUT2D eigenvalue weighted by Crippen LogP contribution is -2.46. The van der Waals surface area contributed by atoms with Crippen LogP contribution in [0.1, 0.15) is 43.5 Å². The summed E-state index contributed by atoms with van der Waals surface area (Å²) < 4.78 is 18.9. The number of carbonyl (C=O) groups is 2. The summed E-state index contributed by atoms with van der Waals surface area (Å²) in [5, 5.41) is 5.90. The minimum atomic E-state index is -0.777. The number of hydrogen-bond donors (Lipinski definition) is 2. The molecule has 32 heavy (non-hydrogen) atoms. The number of rotatable bonds is 9. The molecule has 2 atom stereocenters.